The Morgan fingerprint density at radius 3 is 2.75 bits per heavy atom. The van der Waals surface area contributed by atoms with E-state index in [1.165, 1.54) is 0 Å². The lowest BCUT2D eigenvalue weighted by atomic mass is 10.1. The van der Waals surface area contributed by atoms with Crippen LogP contribution in [-0.4, -0.2) is 25.8 Å². The minimum absolute atomic E-state index is 0.108. The zero-order chi connectivity index (χ0) is 17.1. The fraction of sp³-hybridized carbons (Fsp3) is 0.278. The molecule has 0 aliphatic heterocycles. The van der Waals surface area contributed by atoms with Crippen molar-refractivity contribution in [1.82, 2.24) is 14.1 Å². The van der Waals surface area contributed by atoms with Crippen LogP contribution >= 0.6 is 0 Å². The first-order valence-electron chi connectivity index (χ1n) is 7.98. The van der Waals surface area contributed by atoms with Crippen LogP contribution in [0.4, 0.5) is 5.95 Å². The molecule has 6 heteroatoms. The monoisotopic (exact) mass is 324 g/mol. The Labute approximate surface area is 140 Å². The van der Waals surface area contributed by atoms with Gasteiger partial charge in [-0.05, 0) is 12.5 Å². The van der Waals surface area contributed by atoms with E-state index >= 15 is 0 Å². The van der Waals surface area contributed by atoms with Crippen LogP contribution in [0.2, 0.25) is 0 Å². The number of imidazole rings is 1. The highest BCUT2D eigenvalue weighted by Crippen LogP contribution is 2.23. The van der Waals surface area contributed by atoms with Crippen LogP contribution < -0.4 is 5.32 Å². The van der Waals surface area contributed by atoms with Crippen LogP contribution in [0.1, 0.15) is 30.1 Å². The molecule has 0 saturated carbocycles. The SMILES string of the molecule is CCCC(=O)c1cn(CC(=O)Nc2nccn2C)c2ccccc12. The van der Waals surface area contributed by atoms with Crippen LogP contribution in [0.15, 0.2) is 42.9 Å². The van der Waals surface area contributed by atoms with Crippen LogP contribution in [-0.2, 0) is 18.4 Å². The Bertz CT molecular complexity index is 891. The molecule has 1 amide bonds. The first-order chi connectivity index (χ1) is 11.6. The van der Waals surface area contributed by atoms with E-state index in [0.717, 1.165) is 17.3 Å². The van der Waals surface area contributed by atoms with Gasteiger partial charge in [0.1, 0.15) is 6.54 Å². The van der Waals surface area contributed by atoms with Crippen molar-refractivity contribution in [3.63, 3.8) is 0 Å². The molecule has 1 N–H and O–H groups in total. The van der Waals surface area contributed by atoms with Gasteiger partial charge in [0.05, 0.1) is 0 Å². The average molecular weight is 324 g/mol. The lowest BCUT2D eigenvalue weighted by molar-refractivity contribution is -0.116. The Kier molecular flexibility index (Phi) is 4.46. The van der Waals surface area contributed by atoms with Crippen molar-refractivity contribution in [3.05, 3.63) is 48.4 Å². The van der Waals surface area contributed by atoms with Gasteiger partial charge in [0.15, 0.2) is 5.78 Å². The summed E-state index contributed by atoms with van der Waals surface area (Å²) < 4.78 is 3.55. The molecular weight excluding hydrogens is 304 g/mol. The van der Waals surface area contributed by atoms with E-state index in [2.05, 4.69) is 10.3 Å². The summed E-state index contributed by atoms with van der Waals surface area (Å²) in [5.74, 6) is 0.426. The zero-order valence-corrected chi connectivity index (χ0v) is 13.8. The number of nitrogens with one attached hydrogen (secondary N) is 1. The first kappa shape index (κ1) is 16.0. The number of aromatic nitrogens is 3. The molecule has 0 spiro atoms. The number of hydrogen-bond acceptors (Lipinski definition) is 3. The van der Waals surface area contributed by atoms with Crippen LogP contribution in [0.3, 0.4) is 0 Å². The van der Waals surface area contributed by atoms with Crippen molar-refractivity contribution in [2.75, 3.05) is 5.32 Å². The number of Topliss-reactive ketones (excluding diaryl/α,β-unsaturated/α-hetero) is 1. The number of carbonyl (C=O) groups is 2. The number of benzene rings is 1. The standard InChI is InChI=1S/C18H20N4O2/c1-3-6-16(23)14-11-22(15-8-5-4-7-13(14)15)12-17(24)20-18-19-9-10-21(18)2/h4-5,7-11H,3,6,12H2,1-2H3,(H,19,20,24). The Balaban J connectivity index is 1.88. The second-order valence-corrected chi connectivity index (χ2v) is 5.77. The molecule has 3 rings (SSSR count). The van der Waals surface area contributed by atoms with E-state index in [0.29, 0.717) is 17.9 Å². The van der Waals surface area contributed by atoms with Gasteiger partial charge in [0.25, 0.3) is 0 Å². The van der Waals surface area contributed by atoms with E-state index < -0.39 is 0 Å². The molecule has 6 nitrogen and oxygen atoms in total. The zero-order valence-electron chi connectivity index (χ0n) is 13.8. The summed E-state index contributed by atoms with van der Waals surface area (Å²) in [7, 11) is 1.81. The minimum atomic E-state index is -0.181. The molecule has 124 valence electrons. The van der Waals surface area contributed by atoms with Crippen molar-refractivity contribution in [1.29, 1.82) is 0 Å². The van der Waals surface area contributed by atoms with Crippen LogP contribution in [0.5, 0.6) is 0 Å². The summed E-state index contributed by atoms with van der Waals surface area (Å²) in [6.45, 7) is 2.12. The fourth-order valence-corrected chi connectivity index (χ4v) is 2.77. The van der Waals surface area contributed by atoms with Gasteiger partial charge in [-0.15, -0.1) is 0 Å². The van der Waals surface area contributed by atoms with Gasteiger partial charge in [0.2, 0.25) is 11.9 Å². The van der Waals surface area contributed by atoms with Gasteiger partial charge >= 0.3 is 0 Å². The second kappa shape index (κ2) is 6.70. The number of hydrogen-bond donors (Lipinski definition) is 1. The summed E-state index contributed by atoms with van der Waals surface area (Å²) in [6.07, 6.45) is 6.48. The van der Waals surface area contributed by atoms with Gasteiger partial charge in [-0.2, -0.15) is 0 Å². The van der Waals surface area contributed by atoms with E-state index in [4.69, 9.17) is 0 Å². The first-order valence-corrected chi connectivity index (χ1v) is 7.98. The Morgan fingerprint density at radius 2 is 2.04 bits per heavy atom. The predicted molar refractivity (Wildman–Crippen MR) is 93.0 cm³/mol. The molecule has 0 aliphatic rings. The number of amides is 1. The van der Waals surface area contributed by atoms with E-state index in [1.807, 2.05) is 42.8 Å². The maximum Gasteiger partial charge on any atom is 0.246 e. The normalized spacial score (nSPS) is 10.9. The lowest BCUT2D eigenvalue weighted by Crippen LogP contribution is -2.20. The molecule has 0 atom stereocenters. The number of fused-ring (bicyclic) bond motifs is 1. The van der Waals surface area contributed by atoms with Gasteiger partial charge in [0, 0.05) is 48.5 Å². The molecule has 0 radical (unpaired) electrons. The van der Waals surface area contributed by atoms with E-state index in [9.17, 15) is 9.59 Å². The number of anilines is 1. The summed E-state index contributed by atoms with van der Waals surface area (Å²) in [5.41, 5.74) is 1.56. The van der Waals surface area contributed by atoms with Crippen LogP contribution in [0.25, 0.3) is 10.9 Å². The number of nitrogens with zero attached hydrogens (tertiary/aromatic N) is 3. The second-order valence-electron chi connectivity index (χ2n) is 5.77. The summed E-state index contributed by atoms with van der Waals surface area (Å²) >= 11 is 0. The summed E-state index contributed by atoms with van der Waals surface area (Å²) in [6, 6.07) is 7.66. The van der Waals surface area contributed by atoms with Gasteiger partial charge in [-0.3, -0.25) is 14.9 Å². The molecule has 0 bridgehead atoms. The molecule has 1 aromatic carbocycles. The maximum absolute atomic E-state index is 12.3. The molecule has 0 fully saturated rings. The average Bonchev–Trinajstić information content (AvgIpc) is 3.12. The van der Waals surface area contributed by atoms with E-state index in [-0.39, 0.29) is 18.2 Å². The fourth-order valence-electron chi connectivity index (χ4n) is 2.77. The molecule has 0 saturated heterocycles. The molecule has 0 unspecified atom stereocenters. The van der Waals surface area contributed by atoms with Crippen molar-refractivity contribution in [3.8, 4) is 0 Å². The number of ketones is 1. The molecule has 0 aliphatic carbocycles. The smallest absolute Gasteiger partial charge is 0.246 e. The summed E-state index contributed by atoms with van der Waals surface area (Å²) in [5, 5.41) is 3.66. The third kappa shape index (κ3) is 3.08. The number of aryl methyl sites for hydroxylation is 1. The van der Waals surface area contributed by atoms with Gasteiger partial charge in [-0.1, -0.05) is 25.1 Å². The highest BCUT2D eigenvalue weighted by Gasteiger charge is 2.16. The van der Waals surface area contributed by atoms with Crippen LogP contribution in [0, 0.1) is 0 Å². The van der Waals surface area contributed by atoms with Crippen molar-refractivity contribution >= 4 is 28.5 Å². The largest absolute Gasteiger partial charge is 0.337 e. The number of para-hydroxylation sites is 1. The van der Waals surface area contributed by atoms with Crippen molar-refractivity contribution in [2.24, 2.45) is 7.05 Å². The van der Waals surface area contributed by atoms with Crippen molar-refractivity contribution in [2.45, 2.75) is 26.3 Å². The van der Waals surface area contributed by atoms with Gasteiger partial charge < -0.3 is 9.13 Å². The molecule has 3 aromatic rings. The van der Waals surface area contributed by atoms with Gasteiger partial charge in [-0.25, -0.2) is 4.98 Å². The molecule has 24 heavy (non-hydrogen) atoms. The number of rotatable bonds is 6. The topological polar surface area (TPSA) is 68.9 Å². The van der Waals surface area contributed by atoms with Crippen molar-refractivity contribution < 1.29 is 9.59 Å². The molecular formula is C18H20N4O2. The minimum Gasteiger partial charge on any atom is -0.337 e. The quantitative estimate of drug-likeness (QED) is 0.709. The van der Waals surface area contributed by atoms with E-state index in [1.54, 1.807) is 23.2 Å². The summed E-state index contributed by atoms with van der Waals surface area (Å²) in [4.78, 5) is 28.7. The molecule has 2 aromatic heterocycles. The highest BCUT2D eigenvalue weighted by molar-refractivity contribution is 6.08. The Morgan fingerprint density at radius 1 is 1.25 bits per heavy atom. The lowest BCUT2D eigenvalue weighted by Gasteiger charge is -2.07. The third-order valence-electron chi connectivity index (χ3n) is 3.95. The number of carbonyl (C=O) groups excluding carboxylic acids is 2. The predicted octanol–water partition coefficient (Wildman–Crippen LogP) is 3.00. The maximum atomic E-state index is 12.3. The third-order valence-corrected chi connectivity index (χ3v) is 3.95. The highest BCUT2D eigenvalue weighted by atomic mass is 16.2. The molecule has 2 heterocycles. The Hall–Kier alpha value is -2.89.